The summed E-state index contributed by atoms with van der Waals surface area (Å²) in [5, 5.41) is 6.07. The van der Waals surface area contributed by atoms with E-state index in [-0.39, 0.29) is 11.8 Å². The molecule has 9 heteroatoms. The van der Waals surface area contributed by atoms with Crippen LogP contribution in [0.4, 0.5) is 11.8 Å². The molecular weight excluding hydrogens is 386 g/mol. The summed E-state index contributed by atoms with van der Waals surface area (Å²) in [7, 11) is 0. The second-order valence-corrected chi connectivity index (χ2v) is 7.80. The summed E-state index contributed by atoms with van der Waals surface area (Å²) in [6.07, 6.45) is 11.9. The number of aromatic nitrogens is 5. The lowest BCUT2D eigenvalue weighted by Gasteiger charge is -2.32. The molecule has 0 saturated carbocycles. The van der Waals surface area contributed by atoms with Crippen LogP contribution in [0.15, 0.2) is 42.3 Å². The van der Waals surface area contributed by atoms with Crippen LogP contribution >= 0.6 is 11.3 Å². The smallest absolute Gasteiger partial charge is 0.246 e. The molecule has 1 aliphatic heterocycles. The maximum atomic E-state index is 12.7. The lowest BCUT2D eigenvalue weighted by Crippen LogP contribution is -2.38. The summed E-state index contributed by atoms with van der Waals surface area (Å²) in [4.78, 5) is 36.2. The topological polar surface area (TPSA) is 96.8 Å². The Kier molecular flexibility index (Phi) is 5.85. The second-order valence-electron chi connectivity index (χ2n) is 6.74. The van der Waals surface area contributed by atoms with Crippen LogP contribution in [0.2, 0.25) is 0 Å². The van der Waals surface area contributed by atoms with Gasteiger partial charge >= 0.3 is 0 Å². The number of carbonyl (C=O) groups is 1. The zero-order valence-electron chi connectivity index (χ0n) is 16.0. The van der Waals surface area contributed by atoms with Crippen molar-refractivity contribution in [2.45, 2.75) is 25.7 Å². The van der Waals surface area contributed by atoms with Gasteiger partial charge in [0.1, 0.15) is 0 Å². The molecule has 3 aromatic rings. The minimum absolute atomic E-state index is 0.00912. The Morgan fingerprint density at radius 2 is 2.03 bits per heavy atom. The number of thiazole rings is 1. The van der Waals surface area contributed by atoms with Crippen LogP contribution in [0.25, 0.3) is 6.08 Å². The van der Waals surface area contributed by atoms with Gasteiger partial charge in [-0.2, -0.15) is 0 Å². The predicted molar refractivity (Wildman–Crippen MR) is 112 cm³/mol. The van der Waals surface area contributed by atoms with E-state index in [1.54, 1.807) is 54.3 Å². The molecule has 29 heavy (non-hydrogen) atoms. The van der Waals surface area contributed by atoms with E-state index in [0.29, 0.717) is 18.3 Å². The number of likely N-dealkylation sites (tertiary alicyclic amines) is 1. The first-order valence-electron chi connectivity index (χ1n) is 9.43. The summed E-state index contributed by atoms with van der Waals surface area (Å²) in [5.41, 5.74) is 1.65. The number of amides is 1. The molecule has 1 N–H and O–H groups in total. The van der Waals surface area contributed by atoms with Crippen LogP contribution in [0.3, 0.4) is 0 Å². The highest BCUT2D eigenvalue weighted by Crippen LogP contribution is 2.30. The summed E-state index contributed by atoms with van der Waals surface area (Å²) < 4.78 is 0. The van der Waals surface area contributed by atoms with Crippen molar-refractivity contribution in [1.29, 1.82) is 0 Å². The predicted octanol–water partition coefficient (Wildman–Crippen LogP) is 3.19. The lowest BCUT2D eigenvalue weighted by molar-refractivity contribution is -0.127. The van der Waals surface area contributed by atoms with E-state index >= 15 is 0 Å². The highest BCUT2D eigenvalue weighted by molar-refractivity contribution is 7.09. The SMILES string of the molecule is Cc1nc(/C=C/C(=O)N2CCC[C@H](c3nccnc3Nc3ncccn3)C2)cs1. The third kappa shape index (κ3) is 4.80. The molecular formula is C20H21N7OS. The van der Waals surface area contributed by atoms with E-state index in [2.05, 4.69) is 30.2 Å². The van der Waals surface area contributed by atoms with Gasteiger partial charge in [-0.15, -0.1) is 11.3 Å². The number of nitrogens with one attached hydrogen (secondary N) is 1. The Balaban J connectivity index is 1.47. The molecule has 0 bridgehead atoms. The standard InChI is InChI=1S/C20H21N7OS/c1-14-25-16(13-29-14)5-6-17(28)27-11-2-4-15(12-27)18-19(22-10-9-21-18)26-20-23-7-3-8-24-20/h3,5-10,13,15H,2,4,11-12H2,1H3,(H,22,23,24,26)/b6-5+/t15-/m0/s1. The summed E-state index contributed by atoms with van der Waals surface area (Å²) in [6.45, 7) is 3.29. The van der Waals surface area contributed by atoms with Crippen molar-refractivity contribution in [1.82, 2.24) is 29.8 Å². The average molecular weight is 408 g/mol. The molecule has 0 spiro atoms. The number of hydrogen-bond donors (Lipinski definition) is 1. The van der Waals surface area contributed by atoms with Gasteiger partial charge in [-0.1, -0.05) is 0 Å². The highest BCUT2D eigenvalue weighted by atomic mass is 32.1. The van der Waals surface area contributed by atoms with Gasteiger partial charge in [0.15, 0.2) is 5.82 Å². The number of rotatable bonds is 5. The van der Waals surface area contributed by atoms with Gasteiger partial charge in [-0.3, -0.25) is 9.78 Å². The highest BCUT2D eigenvalue weighted by Gasteiger charge is 2.27. The van der Waals surface area contributed by atoms with Crippen LogP contribution in [0.5, 0.6) is 0 Å². The molecule has 0 aromatic carbocycles. The van der Waals surface area contributed by atoms with Crippen LogP contribution in [0, 0.1) is 6.92 Å². The molecule has 4 heterocycles. The van der Waals surface area contributed by atoms with Gasteiger partial charge in [-0.25, -0.2) is 19.9 Å². The second kappa shape index (κ2) is 8.87. The molecule has 1 fully saturated rings. The van der Waals surface area contributed by atoms with E-state index in [1.807, 2.05) is 17.2 Å². The first kappa shape index (κ1) is 19.1. The molecule has 1 amide bonds. The zero-order valence-corrected chi connectivity index (χ0v) is 16.8. The van der Waals surface area contributed by atoms with Crippen molar-refractivity contribution in [3.05, 3.63) is 58.7 Å². The van der Waals surface area contributed by atoms with E-state index in [0.717, 1.165) is 35.8 Å². The Morgan fingerprint density at radius 3 is 2.83 bits per heavy atom. The maximum absolute atomic E-state index is 12.7. The van der Waals surface area contributed by atoms with Gasteiger partial charge in [0, 0.05) is 55.3 Å². The van der Waals surface area contributed by atoms with Crippen molar-refractivity contribution >= 4 is 35.1 Å². The van der Waals surface area contributed by atoms with Crippen LogP contribution in [-0.4, -0.2) is 48.8 Å². The van der Waals surface area contributed by atoms with Crippen molar-refractivity contribution in [2.75, 3.05) is 18.4 Å². The van der Waals surface area contributed by atoms with E-state index in [1.165, 1.54) is 0 Å². The molecule has 0 unspecified atom stereocenters. The van der Waals surface area contributed by atoms with Gasteiger partial charge in [0.2, 0.25) is 11.9 Å². The Labute approximate surface area is 172 Å². The molecule has 1 atom stereocenters. The third-order valence-electron chi connectivity index (χ3n) is 4.68. The number of carbonyl (C=O) groups excluding carboxylic acids is 1. The molecule has 8 nitrogen and oxygen atoms in total. The summed E-state index contributed by atoms with van der Waals surface area (Å²) in [6, 6.07) is 1.76. The summed E-state index contributed by atoms with van der Waals surface area (Å²) >= 11 is 1.57. The van der Waals surface area contributed by atoms with Crippen molar-refractivity contribution in [3.63, 3.8) is 0 Å². The van der Waals surface area contributed by atoms with E-state index in [4.69, 9.17) is 0 Å². The van der Waals surface area contributed by atoms with Crippen LogP contribution < -0.4 is 5.32 Å². The van der Waals surface area contributed by atoms with Gasteiger partial charge < -0.3 is 10.2 Å². The number of aryl methyl sites for hydroxylation is 1. The average Bonchev–Trinajstić information content (AvgIpc) is 3.18. The number of piperidine rings is 1. The Morgan fingerprint density at radius 1 is 1.21 bits per heavy atom. The minimum Gasteiger partial charge on any atom is -0.338 e. The van der Waals surface area contributed by atoms with Gasteiger partial charge in [0.25, 0.3) is 0 Å². The quantitative estimate of drug-likeness (QED) is 0.649. The summed E-state index contributed by atoms with van der Waals surface area (Å²) in [5.74, 6) is 1.19. The molecule has 1 saturated heterocycles. The fourth-order valence-electron chi connectivity index (χ4n) is 3.33. The molecule has 1 aliphatic rings. The third-order valence-corrected chi connectivity index (χ3v) is 5.47. The van der Waals surface area contributed by atoms with Crippen molar-refractivity contribution < 1.29 is 4.79 Å². The zero-order chi connectivity index (χ0) is 20.1. The monoisotopic (exact) mass is 407 g/mol. The molecule has 148 valence electrons. The Hall–Kier alpha value is -3.20. The normalized spacial score (nSPS) is 16.9. The Bertz CT molecular complexity index is 1000. The van der Waals surface area contributed by atoms with Crippen molar-refractivity contribution in [3.8, 4) is 0 Å². The van der Waals surface area contributed by atoms with Crippen molar-refractivity contribution in [2.24, 2.45) is 0 Å². The van der Waals surface area contributed by atoms with Gasteiger partial charge in [0.05, 0.1) is 16.4 Å². The fraction of sp³-hybridized carbons (Fsp3) is 0.300. The number of nitrogens with zero attached hydrogens (tertiary/aromatic N) is 6. The first-order chi connectivity index (χ1) is 14.2. The molecule has 0 aliphatic carbocycles. The fourth-order valence-corrected chi connectivity index (χ4v) is 3.91. The maximum Gasteiger partial charge on any atom is 0.246 e. The first-order valence-corrected chi connectivity index (χ1v) is 10.3. The number of hydrogen-bond acceptors (Lipinski definition) is 8. The minimum atomic E-state index is -0.00912. The van der Waals surface area contributed by atoms with Crippen LogP contribution in [0.1, 0.15) is 35.2 Å². The largest absolute Gasteiger partial charge is 0.338 e. The van der Waals surface area contributed by atoms with Crippen LogP contribution in [-0.2, 0) is 4.79 Å². The lowest BCUT2D eigenvalue weighted by atomic mass is 9.94. The molecule has 3 aromatic heterocycles. The number of anilines is 2. The van der Waals surface area contributed by atoms with Gasteiger partial charge in [-0.05, 0) is 31.9 Å². The van der Waals surface area contributed by atoms with E-state index in [9.17, 15) is 4.79 Å². The molecule has 0 radical (unpaired) electrons. The molecule has 4 rings (SSSR count). The van der Waals surface area contributed by atoms with E-state index < -0.39 is 0 Å².